The SMILES string of the molecule is O=C(NCC1CCCO1)c1sc2cccc(OC(F)F)c2c1Cl. The van der Waals surface area contributed by atoms with Crippen molar-refractivity contribution in [3.63, 3.8) is 0 Å². The second-order valence-corrected chi connectivity index (χ2v) is 6.53. The Kier molecular flexibility index (Phi) is 4.99. The lowest BCUT2D eigenvalue weighted by molar-refractivity contribution is -0.0487. The van der Waals surface area contributed by atoms with Gasteiger partial charge in [0.05, 0.1) is 16.5 Å². The summed E-state index contributed by atoms with van der Waals surface area (Å²) in [5, 5.41) is 3.24. The fourth-order valence-electron chi connectivity index (χ4n) is 2.51. The van der Waals surface area contributed by atoms with Crippen molar-refractivity contribution in [1.29, 1.82) is 0 Å². The number of rotatable bonds is 5. The van der Waals surface area contributed by atoms with Crippen LogP contribution in [0.3, 0.4) is 0 Å². The first kappa shape index (κ1) is 16.4. The smallest absolute Gasteiger partial charge is 0.387 e. The third-order valence-electron chi connectivity index (χ3n) is 3.56. The zero-order valence-corrected chi connectivity index (χ0v) is 13.6. The van der Waals surface area contributed by atoms with Crippen molar-refractivity contribution in [2.75, 3.05) is 13.2 Å². The van der Waals surface area contributed by atoms with Gasteiger partial charge in [0.1, 0.15) is 10.6 Å². The number of carbonyl (C=O) groups excluding carboxylic acids is 1. The topological polar surface area (TPSA) is 47.6 Å². The molecule has 1 aromatic heterocycles. The predicted octanol–water partition coefficient (Wildman–Crippen LogP) is 4.06. The summed E-state index contributed by atoms with van der Waals surface area (Å²) >= 11 is 7.38. The Morgan fingerprint density at radius 3 is 3.04 bits per heavy atom. The Hall–Kier alpha value is -1.44. The lowest BCUT2D eigenvalue weighted by Gasteiger charge is -2.10. The maximum Gasteiger partial charge on any atom is 0.387 e. The number of nitrogens with one attached hydrogen (secondary N) is 1. The molecule has 4 nitrogen and oxygen atoms in total. The number of amides is 1. The van der Waals surface area contributed by atoms with Crippen LogP contribution in [-0.4, -0.2) is 31.8 Å². The van der Waals surface area contributed by atoms with Gasteiger partial charge in [0.2, 0.25) is 0 Å². The first-order chi connectivity index (χ1) is 11.1. The summed E-state index contributed by atoms with van der Waals surface area (Å²) in [4.78, 5) is 12.6. The van der Waals surface area contributed by atoms with Crippen LogP contribution in [0.1, 0.15) is 22.5 Å². The average molecular weight is 362 g/mol. The summed E-state index contributed by atoms with van der Waals surface area (Å²) in [5.41, 5.74) is 0. The summed E-state index contributed by atoms with van der Waals surface area (Å²) in [6.45, 7) is -1.84. The molecule has 0 bridgehead atoms. The number of benzene rings is 1. The molecule has 1 amide bonds. The van der Waals surface area contributed by atoms with Gasteiger partial charge in [-0.15, -0.1) is 11.3 Å². The molecular weight excluding hydrogens is 348 g/mol. The highest BCUT2D eigenvalue weighted by atomic mass is 35.5. The molecular formula is C15H14ClF2NO3S. The van der Waals surface area contributed by atoms with Gasteiger partial charge in [0.25, 0.3) is 5.91 Å². The van der Waals surface area contributed by atoms with Crippen LogP contribution >= 0.6 is 22.9 Å². The number of halogens is 3. The highest BCUT2D eigenvalue weighted by Crippen LogP contribution is 2.41. The van der Waals surface area contributed by atoms with E-state index >= 15 is 0 Å². The molecule has 0 spiro atoms. The molecule has 1 aliphatic rings. The Morgan fingerprint density at radius 1 is 1.52 bits per heavy atom. The van der Waals surface area contributed by atoms with Crippen molar-refractivity contribution in [3.05, 3.63) is 28.1 Å². The number of fused-ring (bicyclic) bond motifs is 1. The number of hydrogen-bond donors (Lipinski definition) is 1. The molecule has 2 heterocycles. The van der Waals surface area contributed by atoms with E-state index in [2.05, 4.69) is 10.1 Å². The van der Waals surface area contributed by atoms with E-state index in [1.54, 1.807) is 12.1 Å². The zero-order valence-electron chi connectivity index (χ0n) is 12.0. The molecule has 0 aliphatic carbocycles. The third kappa shape index (κ3) is 3.57. The molecule has 2 aromatic rings. The maximum absolute atomic E-state index is 12.5. The van der Waals surface area contributed by atoms with Gasteiger partial charge in [0.15, 0.2) is 0 Å². The lowest BCUT2D eigenvalue weighted by Crippen LogP contribution is -2.31. The molecule has 1 aliphatic heterocycles. The number of ether oxygens (including phenoxy) is 2. The average Bonchev–Trinajstić information content (AvgIpc) is 3.13. The highest BCUT2D eigenvalue weighted by Gasteiger charge is 2.22. The number of carbonyl (C=O) groups is 1. The third-order valence-corrected chi connectivity index (χ3v) is 5.20. The normalized spacial score (nSPS) is 17.8. The molecule has 0 saturated carbocycles. The van der Waals surface area contributed by atoms with Gasteiger partial charge in [-0.05, 0) is 25.0 Å². The summed E-state index contributed by atoms with van der Waals surface area (Å²) in [6.07, 6.45) is 1.91. The molecule has 1 N–H and O–H groups in total. The second kappa shape index (κ2) is 6.98. The van der Waals surface area contributed by atoms with E-state index in [9.17, 15) is 13.6 Å². The Labute approximate surface area is 140 Å². The van der Waals surface area contributed by atoms with Gasteiger partial charge < -0.3 is 14.8 Å². The molecule has 124 valence electrons. The molecule has 1 saturated heterocycles. The van der Waals surface area contributed by atoms with Crippen molar-refractivity contribution in [3.8, 4) is 5.75 Å². The van der Waals surface area contributed by atoms with E-state index in [1.165, 1.54) is 6.07 Å². The van der Waals surface area contributed by atoms with Gasteiger partial charge in [-0.25, -0.2) is 0 Å². The first-order valence-corrected chi connectivity index (χ1v) is 8.31. The van der Waals surface area contributed by atoms with Crippen LogP contribution in [0.15, 0.2) is 18.2 Å². The van der Waals surface area contributed by atoms with Crippen molar-refractivity contribution in [2.45, 2.75) is 25.6 Å². The van der Waals surface area contributed by atoms with Gasteiger partial charge >= 0.3 is 6.61 Å². The van der Waals surface area contributed by atoms with Crippen LogP contribution in [0, 0.1) is 0 Å². The van der Waals surface area contributed by atoms with E-state index in [1.807, 2.05) is 0 Å². The minimum atomic E-state index is -2.95. The lowest BCUT2D eigenvalue weighted by atomic mass is 10.2. The number of alkyl halides is 2. The zero-order chi connectivity index (χ0) is 16.4. The monoisotopic (exact) mass is 361 g/mol. The second-order valence-electron chi connectivity index (χ2n) is 5.10. The van der Waals surface area contributed by atoms with E-state index in [4.69, 9.17) is 16.3 Å². The minimum Gasteiger partial charge on any atom is -0.434 e. The maximum atomic E-state index is 12.5. The van der Waals surface area contributed by atoms with Crippen molar-refractivity contribution in [2.24, 2.45) is 0 Å². The van der Waals surface area contributed by atoms with Gasteiger partial charge in [0, 0.05) is 17.9 Å². The summed E-state index contributed by atoms with van der Waals surface area (Å²) < 4.78 is 35.5. The van der Waals surface area contributed by atoms with Gasteiger partial charge in [-0.2, -0.15) is 8.78 Å². The van der Waals surface area contributed by atoms with E-state index < -0.39 is 6.61 Å². The van der Waals surface area contributed by atoms with Gasteiger partial charge in [-0.1, -0.05) is 17.7 Å². The molecule has 1 fully saturated rings. The molecule has 0 radical (unpaired) electrons. The van der Waals surface area contributed by atoms with Crippen molar-refractivity contribution < 1.29 is 23.0 Å². The highest BCUT2D eigenvalue weighted by molar-refractivity contribution is 7.21. The van der Waals surface area contributed by atoms with E-state index in [0.717, 1.165) is 24.2 Å². The first-order valence-electron chi connectivity index (χ1n) is 7.12. The quantitative estimate of drug-likeness (QED) is 0.873. The van der Waals surface area contributed by atoms with Crippen LogP contribution in [0.4, 0.5) is 8.78 Å². The van der Waals surface area contributed by atoms with Crippen LogP contribution in [0.2, 0.25) is 5.02 Å². The Bertz CT molecular complexity index is 716. The van der Waals surface area contributed by atoms with Crippen LogP contribution < -0.4 is 10.1 Å². The van der Waals surface area contributed by atoms with Crippen LogP contribution in [0.25, 0.3) is 10.1 Å². The Morgan fingerprint density at radius 2 is 2.35 bits per heavy atom. The van der Waals surface area contributed by atoms with E-state index in [0.29, 0.717) is 23.2 Å². The molecule has 1 aromatic carbocycles. The van der Waals surface area contributed by atoms with Crippen molar-refractivity contribution >= 4 is 38.9 Å². The predicted molar refractivity (Wildman–Crippen MR) is 84.8 cm³/mol. The van der Waals surface area contributed by atoms with Gasteiger partial charge in [-0.3, -0.25) is 4.79 Å². The Balaban J connectivity index is 1.83. The fraction of sp³-hybridized carbons (Fsp3) is 0.400. The number of thiophene rings is 1. The fourth-order valence-corrected chi connectivity index (χ4v) is 3.99. The van der Waals surface area contributed by atoms with Crippen LogP contribution in [-0.2, 0) is 4.74 Å². The summed E-state index contributed by atoms with van der Waals surface area (Å²) in [6, 6.07) is 4.70. The van der Waals surface area contributed by atoms with Crippen molar-refractivity contribution in [1.82, 2.24) is 5.32 Å². The summed E-state index contributed by atoms with van der Waals surface area (Å²) in [7, 11) is 0. The number of hydrogen-bond acceptors (Lipinski definition) is 4. The standard InChI is InChI=1S/C15H14ClF2NO3S/c16-12-11-9(22-15(17)18)4-1-5-10(11)23-13(12)14(20)19-7-8-3-2-6-21-8/h1,4-5,8,15H,2-3,6-7H2,(H,19,20). The molecule has 8 heteroatoms. The van der Waals surface area contributed by atoms with Crippen LogP contribution in [0.5, 0.6) is 5.75 Å². The van der Waals surface area contributed by atoms with E-state index in [-0.39, 0.29) is 27.7 Å². The molecule has 3 rings (SSSR count). The molecule has 1 unspecified atom stereocenters. The summed E-state index contributed by atoms with van der Waals surface area (Å²) in [5.74, 6) is -0.369. The largest absolute Gasteiger partial charge is 0.434 e. The molecule has 1 atom stereocenters. The minimum absolute atomic E-state index is 0.0184. The molecule has 23 heavy (non-hydrogen) atoms.